The van der Waals surface area contributed by atoms with Crippen molar-refractivity contribution in [1.82, 2.24) is 0 Å². The van der Waals surface area contributed by atoms with Gasteiger partial charge in [-0.2, -0.15) is 0 Å². The Morgan fingerprint density at radius 3 is 2.62 bits per heavy atom. The van der Waals surface area contributed by atoms with Crippen molar-refractivity contribution in [3.8, 4) is 0 Å². The Balaban J connectivity index is 2.49. The van der Waals surface area contributed by atoms with Gasteiger partial charge in [0.1, 0.15) is 5.82 Å². The normalized spacial score (nSPS) is 12.8. The van der Waals surface area contributed by atoms with E-state index >= 15 is 0 Å². The number of halogens is 4. The molecule has 1 aromatic carbocycles. The maximum atomic E-state index is 13.7. The van der Waals surface area contributed by atoms with E-state index in [9.17, 15) is 4.39 Å². The maximum Gasteiger partial charge on any atom is 0.129 e. The molecule has 0 aliphatic carbocycles. The second-order valence-corrected chi connectivity index (χ2v) is 6.26. The molecule has 0 bridgehead atoms. The van der Waals surface area contributed by atoms with Crippen LogP contribution >= 0.6 is 54.8 Å². The van der Waals surface area contributed by atoms with Gasteiger partial charge in [-0.1, -0.05) is 33.6 Å². The molecule has 16 heavy (non-hydrogen) atoms. The summed E-state index contributed by atoms with van der Waals surface area (Å²) in [5.74, 6) is -0.297. The third kappa shape index (κ3) is 2.35. The molecule has 0 radical (unpaired) electrons. The summed E-state index contributed by atoms with van der Waals surface area (Å²) in [4.78, 5) is 0.780. The van der Waals surface area contributed by atoms with Crippen LogP contribution in [0.2, 0.25) is 5.02 Å². The second-order valence-electron chi connectivity index (χ2n) is 3.13. The fraction of sp³-hybridized carbons (Fsp3) is 0.0909. The number of hydrogen-bond donors (Lipinski definition) is 0. The summed E-state index contributed by atoms with van der Waals surface area (Å²) in [5.41, 5.74) is 0.479. The van der Waals surface area contributed by atoms with E-state index in [0.29, 0.717) is 10.6 Å². The largest absolute Gasteiger partial charge is 0.207 e. The lowest BCUT2D eigenvalue weighted by atomic mass is 10.1. The Morgan fingerprint density at radius 2 is 2.06 bits per heavy atom. The van der Waals surface area contributed by atoms with Crippen molar-refractivity contribution in [2.45, 2.75) is 4.83 Å². The van der Waals surface area contributed by atoms with E-state index in [-0.39, 0.29) is 10.6 Å². The first kappa shape index (κ1) is 12.6. The van der Waals surface area contributed by atoms with E-state index in [4.69, 9.17) is 11.6 Å². The zero-order valence-corrected chi connectivity index (χ0v) is 12.6. The van der Waals surface area contributed by atoms with Gasteiger partial charge in [-0.05, 0) is 39.5 Å². The minimum absolute atomic E-state index is 0.226. The standard InChI is InChI=1S/C11H6Br2ClFS/c12-6-4-5-16-11(6)10(13)9-7(14)2-1-3-8(9)15/h1-5,10H. The number of hydrogen-bond acceptors (Lipinski definition) is 1. The molecule has 0 nitrogen and oxygen atoms in total. The molecule has 2 rings (SSSR count). The molecule has 0 saturated carbocycles. The fourth-order valence-corrected chi connectivity index (χ4v) is 4.70. The van der Waals surface area contributed by atoms with Gasteiger partial charge in [0, 0.05) is 19.9 Å². The van der Waals surface area contributed by atoms with Crippen molar-refractivity contribution >= 4 is 54.8 Å². The lowest BCUT2D eigenvalue weighted by Crippen LogP contribution is -1.96. The smallest absolute Gasteiger partial charge is 0.129 e. The highest BCUT2D eigenvalue weighted by Crippen LogP contribution is 2.42. The van der Waals surface area contributed by atoms with Gasteiger partial charge in [0.05, 0.1) is 4.83 Å². The van der Waals surface area contributed by atoms with Crippen LogP contribution in [0.3, 0.4) is 0 Å². The van der Waals surface area contributed by atoms with Crippen molar-refractivity contribution in [1.29, 1.82) is 0 Å². The van der Waals surface area contributed by atoms with E-state index in [1.807, 2.05) is 11.4 Å². The van der Waals surface area contributed by atoms with E-state index in [1.165, 1.54) is 6.07 Å². The summed E-state index contributed by atoms with van der Waals surface area (Å²) in [5, 5.41) is 2.38. The number of thiophene rings is 1. The Labute approximate surface area is 119 Å². The van der Waals surface area contributed by atoms with Gasteiger partial charge < -0.3 is 0 Å². The molecule has 0 amide bonds. The molecular formula is C11H6Br2ClFS. The van der Waals surface area contributed by atoms with E-state index in [0.717, 1.165) is 9.35 Å². The van der Waals surface area contributed by atoms with Crippen LogP contribution < -0.4 is 0 Å². The summed E-state index contributed by atoms with van der Waals surface area (Å²) < 4.78 is 14.7. The van der Waals surface area contributed by atoms with Crippen molar-refractivity contribution in [2.24, 2.45) is 0 Å². The molecule has 84 valence electrons. The minimum Gasteiger partial charge on any atom is -0.207 e. The zero-order chi connectivity index (χ0) is 11.7. The molecule has 0 spiro atoms. The van der Waals surface area contributed by atoms with Gasteiger partial charge >= 0.3 is 0 Å². The Kier molecular flexibility index (Phi) is 4.06. The van der Waals surface area contributed by atoms with Crippen LogP contribution in [-0.2, 0) is 0 Å². The van der Waals surface area contributed by atoms with Gasteiger partial charge in [0.15, 0.2) is 0 Å². The molecule has 1 heterocycles. The molecule has 1 unspecified atom stereocenters. The lowest BCUT2D eigenvalue weighted by molar-refractivity contribution is 0.614. The van der Waals surface area contributed by atoms with Crippen molar-refractivity contribution in [2.75, 3.05) is 0 Å². The van der Waals surface area contributed by atoms with Gasteiger partial charge in [-0.25, -0.2) is 4.39 Å². The molecule has 0 fully saturated rings. The number of alkyl halides is 1. The maximum absolute atomic E-state index is 13.7. The third-order valence-electron chi connectivity index (χ3n) is 2.13. The second kappa shape index (κ2) is 5.17. The van der Waals surface area contributed by atoms with Gasteiger partial charge in [-0.15, -0.1) is 11.3 Å². The fourth-order valence-electron chi connectivity index (χ4n) is 1.37. The topological polar surface area (TPSA) is 0 Å². The highest BCUT2D eigenvalue weighted by molar-refractivity contribution is 9.11. The first-order valence-corrected chi connectivity index (χ1v) is 7.38. The van der Waals surface area contributed by atoms with Crippen molar-refractivity contribution in [3.05, 3.63) is 55.4 Å². The first-order chi connectivity index (χ1) is 7.61. The summed E-state index contributed by atoms with van der Waals surface area (Å²) in [6.07, 6.45) is 0. The average molecular weight is 384 g/mol. The minimum atomic E-state index is -0.297. The summed E-state index contributed by atoms with van der Waals surface area (Å²) in [6, 6.07) is 6.64. The SMILES string of the molecule is Fc1cccc(Cl)c1C(Br)c1sccc1Br. The number of rotatable bonds is 2. The zero-order valence-electron chi connectivity index (χ0n) is 7.88. The summed E-state index contributed by atoms with van der Waals surface area (Å²) >= 11 is 14.5. The monoisotopic (exact) mass is 382 g/mol. The predicted molar refractivity (Wildman–Crippen MR) is 74.2 cm³/mol. The molecule has 1 atom stereocenters. The van der Waals surface area contributed by atoms with Crippen molar-refractivity contribution < 1.29 is 4.39 Å². The van der Waals surface area contributed by atoms with Crippen LogP contribution in [0.5, 0.6) is 0 Å². The molecule has 1 aromatic heterocycles. The lowest BCUT2D eigenvalue weighted by Gasteiger charge is -2.12. The molecule has 5 heteroatoms. The van der Waals surface area contributed by atoms with E-state index < -0.39 is 0 Å². The molecule has 2 aromatic rings. The quantitative estimate of drug-likeness (QED) is 0.575. The molecule has 0 saturated heterocycles. The van der Waals surface area contributed by atoms with Crippen LogP contribution in [-0.4, -0.2) is 0 Å². The van der Waals surface area contributed by atoms with Crippen LogP contribution in [0.4, 0.5) is 4.39 Å². The van der Waals surface area contributed by atoms with Gasteiger partial charge in [0.25, 0.3) is 0 Å². The molecular weight excluding hydrogens is 378 g/mol. The number of benzene rings is 1. The van der Waals surface area contributed by atoms with Crippen LogP contribution in [0.1, 0.15) is 15.3 Å². The third-order valence-corrected chi connectivity index (χ3v) is 5.61. The molecule has 0 aliphatic rings. The van der Waals surface area contributed by atoms with Crippen LogP contribution in [0.25, 0.3) is 0 Å². The van der Waals surface area contributed by atoms with Gasteiger partial charge in [-0.3, -0.25) is 0 Å². The Hall–Kier alpha value is 0.1000. The van der Waals surface area contributed by atoms with Crippen molar-refractivity contribution in [3.63, 3.8) is 0 Å². The van der Waals surface area contributed by atoms with Gasteiger partial charge in [0.2, 0.25) is 0 Å². The van der Waals surface area contributed by atoms with Crippen LogP contribution in [0, 0.1) is 5.82 Å². The summed E-state index contributed by atoms with van der Waals surface area (Å²) in [7, 11) is 0. The van der Waals surface area contributed by atoms with E-state index in [1.54, 1.807) is 23.5 Å². The Bertz CT molecular complexity index is 492. The highest BCUT2D eigenvalue weighted by atomic mass is 79.9. The molecule has 0 aliphatic heterocycles. The summed E-state index contributed by atoms with van der Waals surface area (Å²) in [6.45, 7) is 0. The Morgan fingerprint density at radius 1 is 1.31 bits per heavy atom. The predicted octanol–water partition coefficient (Wildman–Crippen LogP) is 5.79. The highest BCUT2D eigenvalue weighted by Gasteiger charge is 2.20. The molecule has 0 N–H and O–H groups in total. The average Bonchev–Trinajstić information content (AvgIpc) is 2.64. The van der Waals surface area contributed by atoms with Crippen LogP contribution in [0.15, 0.2) is 34.1 Å². The first-order valence-electron chi connectivity index (χ1n) is 4.42. The van der Waals surface area contributed by atoms with E-state index in [2.05, 4.69) is 31.9 Å².